The first-order chi connectivity index (χ1) is 12.8. The second-order valence-electron chi connectivity index (χ2n) is 5.45. The second kappa shape index (κ2) is 8.85. The van der Waals surface area contributed by atoms with Crippen molar-refractivity contribution in [3.8, 4) is 0 Å². The number of hydrogen-bond donors (Lipinski definition) is 0. The van der Waals surface area contributed by atoms with Crippen molar-refractivity contribution >= 4 is 19.0 Å². The lowest BCUT2D eigenvalue weighted by Crippen LogP contribution is -2.11. The van der Waals surface area contributed by atoms with Gasteiger partial charge in [-0.3, -0.25) is 24.8 Å². The average Bonchev–Trinajstić information content (AvgIpc) is 2.63. The zero-order valence-electron chi connectivity index (χ0n) is 14.8. The van der Waals surface area contributed by atoms with Crippen molar-refractivity contribution in [3.05, 3.63) is 79.9 Å². The van der Waals surface area contributed by atoms with E-state index in [1.165, 1.54) is 6.07 Å². The summed E-state index contributed by atoms with van der Waals surface area (Å²) < 4.78 is 24.4. The number of hydrogen-bond acceptors (Lipinski definition) is 7. The van der Waals surface area contributed by atoms with E-state index in [-0.39, 0.29) is 18.8 Å². The van der Waals surface area contributed by atoms with E-state index in [1.54, 1.807) is 44.2 Å². The summed E-state index contributed by atoms with van der Waals surface area (Å²) in [6.07, 6.45) is 0. The van der Waals surface area contributed by atoms with Crippen LogP contribution in [0.4, 0.5) is 11.4 Å². The fourth-order valence-corrected chi connectivity index (χ4v) is 4.94. The minimum absolute atomic E-state index is 0.0297. The molecule has 144 valence electrons. The summed E-state index contributed by atoms with van der Waals surface area (Å²) in [6.45, 7) is 3.42. The van der Waals surface area contributed by atoms with Crippen LogP contribution < -0.4 is 0 Å². The lowest BCUT2D eigenvalue weighted by Gasteiger charge is -2.26. The highest BCUT2D eigenvalue weighted by molar-refractivity contribution is 7.54. The van der Waals surface area contributed by atoms with Gasteiger partial charge in [0, 0.05) is 11.6 Å². The third kappa shape index (κ3) is 4.57. The number of benzene rings is 2. The standard InChI is InChI=1S/C17H19N2O7P/c1-3-25-27(24,26-4-2)17(13-8-6-5-7-9-13)15-11-10-14(18(20)21)12-16(15)19(22)23/h5-12,17H,3-4H2,1-2H3. The highest BCUT2D eigenvalue weighted by Crippen LogP contribution is 2.64. The largest absolute Gasteiger partial charge is 0.342 e. The molecule has 0 saturated carbocycles. The van der Waals surface area contributed by atoms with Crippen LogP contribution in [-0.2, 0) is 13.6 Å². The van der Waals surface area contributed by atoms with E-state index in [4.69, 9.17) is 9.05 Å². The molecule has 0 saturated heterocycles. The summed E-state index contributed by atoms with van der Waals surface area (Å²) in [6, 6.07) is 11.7. The van der Waals surface area contributed by atoms with Gasteiger partial charge in [-0.25, -0.2) is 0 Å². The van der Waals surface area contributed by atoms with Gasteiger partial charge in [0.15, 0.2) is 0 Å². The minimum Gasteiger partial charge on any atom is -0.308 e. The van der Waals surface area contributed by atoms with Crippen LogP contribution in [-0.4, -0.2) is 23.1 Å². The lowest BCUT2D eigenvalue weighted by molar-refractivity contribution is -0.394. The Morgan fingerprint density at radius 1 is 0.963 bits per heavy atom. The molecule has 0 N–H and O–H groups in total. The van der Waals surface area contributed by atoms with Crippen LogP contribution >= 0.6 is 7.60 Å². The molecule has 27 heavy (non-hydrogen) atoms. The van der Waals surface area contributed by atoms with Crippen LogP contribution in [0.5, 0.6) is 0 Å². The van der Waals surface area contributed by atoms with Crippen LogP contribution in [0.2, 0.25) is 0 Å². The summed E-state index contributed by atoms with van der Waals surface area (Å²) in [5.41, 5.74) is -1.53. The van der Waals surface area contributed by atoms with E-state index in [2.05, 4.69) is 0 Å². The van der Waals surface area contributed by atoms with E-state index < -0.39 is 34.5 Å². The van der Waals surface area contributed by atoms with Crippen molar-refractivity contribution < 1.29 is 23.5 Å². The molecule has 10 heteroatoms. The number of non-ortho nitro benzene ring substituents is 1. The van der Waals surface area contributed by atoms with Gasteiger partial charge in [0.1, 0.15) is 5.66 Å². The molecule has 2 rings (SSSR count). The van der Waals surface area contributed by atoms with Gasteiger partial charge >= 0.3 is 7.60 Å². The SMILES string of the molecule is CCOP(=O)(OCC)C(c1ccccc1)c1ccc([N+](=O)[O-])cc1[N+](=O)[O-]. The van der Waals surface area contributed by atoms with E-state index >= 15 is 0 Å². The summed E-state index contributed by atoms with van der Waals surface area (Å²) in [4.78, 5) is 21.1. The maximum atomic E-state index is 13.5. The van der Waals surface area contributed by atoms with Crippen LogP contribution in [0.3, 0.4) is 0 Å². The first kappa shape index (κ1) is 20.7. The van der Waals surface area contributed by atoms with Gasteiger partial charge in [-0.2, -0.15) is 0 Å². The van der Waals surface area contributed by atoms with Gasteiger partial charge in [-0.15, -0.1) is 0 Å². The lowest BCUT2D eigenvalue weighted by atomic mass is 10.0. The fraction of sp³-hybridized carbons (Fsp3) is 0.294. The molecule has 0 spiro atoms. The highest BCUT2D eigenvalue weighted by Gasteiger charge is 2.42. The van der Waals surface area contributed by atoms with Crippen LogP contribution in [0.25, 0.3) is 0 Å². The second-order valence-corrected chi connectivity index (χ2v) is 7.56. The summed E-state index contributed by atoms with van der Waals surface area (Å²) >= 11 is 0. The van der Waals surface area contributed by atoms with Crippen LogP contribution in [0.1, 0.15) is 30.6 Å². The normalized spacial score (nSPS) is 12.5. The van der Waals surface area contributed by atoms with Crippen molar-refractivity contribution in [1.29, 1.82) is 0 Å². The Bertz CT molecular complexity index is 863. The molecule has 0 fully saturated rings. The van der Waals surface area contributed by atoms with Crippen LogP contribution in [0.15, 0.2) is 48.5 Å². The number of rotatable bonds is 9. The molecule has 0 heterocycles. The molecule has 0 bridgehead atoms. The summed E-state index contributed by atoms with van der Waals surface area (Å²) in [7, 11) is -3.85. The van der Waals surface area contributed by atoms with Gasteiger partial charge in [0.25, 0.3) is 11.4 Å². The predicted octanol–water partition coefficient (Wildman–Crippen LogP) is 4.86. The molecule has 0 aliphatic rings. The summed E-state index contributed by atoms with van der Waals surface area (Å²) in [5.74, 6) is 0. The highest BCUT2D eigenvalue weighted by atomic mass is 31.2. The van der Waals surface area contributed by atoms with Crippen molar-refractivity contribution in [2.75, 3.05) is 13.2 Å². The third-order valence-corrected chi connectivity index (χ3v) is 6.21. The Labute approximate surface area is 155 Å². The smallest absolute Gasteiger partial charge is 0.308 e. The molecule has 1 atom stereocenters. The Balaban J connectivity index is 2.76. The maximum absolute atomic E-state index is 13.5. The Kier molecular flexibility index (Phi) is 6.79. The molecular weight excluding hydrogens is 375 g/mol. The van der Waals surface area contributed by atoms with Gasteiger partial charge in [-0.05, 0) is 25.5 Å². The van der Waals surface area contributed by atoms with Gasteiger partial charge in [0.05, 0.1) is 29.1 Å². The van der Waals surface area contributed by atoms with E-state index in [0.29, 0.717) is 5.56 Å². The Morgan fingerprint density at radius 2 is 1.56 bits per heavy atom. The molecule has 0 aromatic heterocycles. The fourth-order valence-electron chi connectivity index (χ4n) is 2.75. The van der Waals surface area contributed by atoms with Gasteiger partial charge < -0.3 is 9.05 Å². The van der Waals surface area contributed by atoms with E-state index in [1.807, 2.05) is 0 Å². The Hall–Kier alpha value is -2.61. The first-order valence-electron chi connectivity index (χ1n) is 8.20. The van der Waals surface area contributed by atoms with Crippen molar-refractivity contribution in [2.45, 2.75) is 19.5 Å². The number of nitro benzene ring substituents is 2. The average molecular weight is 394 g/mol. The van der Waals surface area contributed by atoms with Crippen molar-refractivity contribution in [3.63, 3.8) is 0 Å². The number of nitrogens with zero attached hydrogens (tertiary/aromatic N) is 2. The predicted molar refractivity (Wildman–Crippen MR) is 98.9 cm³/mol. The van der Waals surface area contributed by atoms with Gasteiger partial charge in [0.2, 0.25) is 0 Å². The molecule has 9 nitrogen and oxygen atoms in total. The van der Waals surface area contributed by atoms with E-state index in [0.717, 1.165) is 12.1 Å². The zero-order chi connectivity index (χ0) is 20.0. The molecule has 0 aliphatic carbocycles. The third-order valence-electron chi connectivity index (χ3n) is 3.77. The molecule has 0 amide bonds. The number of nitro groups is 2. The minimum atomic E-state index is -3.85. The maximum Gasteiger partial charge on any atom is 0.342 e. The molecule has 0 radical (unpaired) electrons. The Morgan fingerprint density at radius 3 is 2.04 bits per heavy atom. The monoisotopic (exact) mass is 394 g/mol. The molecule has 2 aromatic carbocycles. The van der Waals surface area contributed by atoms with Gasteiger partial charge in [-0.1, -0.05) is 30.3 Å². The van der Waals surface area contributed by atoms with Crippen molar-refractivity contribution in [1.82, 2.24) is 0 Å². The first-order valence-corrected chi connectivity index (χ1v) is 9.81. The quantitative estimate of drug-likeness (QED) is 0.338. The molecule has 0 aliphatic heterocycles. The molecule has 1 unspecified atom stereocenters. The summed E-state index contributed by atoms with van der Waals surface area (Å²) in [5, 5.41) is 22.6. The van der Waals surface area contributed by atoms with Crippen molar-refractivity contribution in [2.24, 2.45) is 0 Å². The van der Waals surface area contributed by atoms with Crippen LogP contribution in [0, 0.1) is 20.2 Å². The molecule has 2 aromatic rings. The zero-order valence-corrected chi connectivity index (χ0v) is 15.7. The molecular formula is C17H19N2O7P. The topological polar surface area (TPSA) is 122 Å². The van der Waals surface area contributed by atoms with E-state index in [9.17, 15) is 24.8 Å².